The van der Waals surface area contributed by atoms with E-state index >= 15 is 0 Å². The maximum atomic E-state index is 5.48. The van der Waals surface area contributed by atoms with Crippen molar-refractivity contribution in [2.45, 2.75) is 6.54 Å². The number of aromatic amines is 1. The monoisotopic (exact) mass is 480 g/mol. The molecule has 0 unspecified atom stereocenters. The number of aromatic nitrogens is 4. The molecule has 0 spiro atoms. The highest BCUT2D eigenvalue weighted by atomic mass is 16.5. The van der Waals surface area contributed by atoms with Gasteiger partial charge in [-0.3, -0.25) is 14.9 Å². The molecule has 8 heteroatoms. The number of para-hydroxylation sites is 1. The Kier molecular flexibility index (Phi) is 5.87. The summed E-state index contributed by atoms with van der Waals surface area (Å²) in [6, 6.07) is 18.6. The van der Waals surface area contributed by atoms with Gasteiger partial charge in [-0.05, 0) is 48.0 Å². The van der Waals surface area contributed by atoms with Crippen LogP contribution in [-0.2, 0) is 6.54 Å². The molecule has 6 rings (SSSR count). The van der Waals surface area contributed by atoms with E-state index in [1.165, 1.54) is 5.56 Å². The van der Waals surface area contributed by atoms with E-state index in [4.69, 9.17) is 14.5 Å². The number of nitrogens with one attached hydrogen (secondary N) is 1. The fourth-order valence-electron chi connectivity index (χ4n) is 4.90. The van der Waals surface area contributed by atoms with E-state index in [-0.39, 0.29) is 0 Å². The smallest absolute Gasteiger partial charge is 0.161 e. The molecule has 1 fully saturated rings. The van der Waals surface area contributed by atoms with E-state index in [1.54, 1.807) is 26.6 Å². The van der Waals surface area contributed by atoms with Gasteiger partial charge in [0.1, 0.15) is 11.3 Å². The van der Waals surface area contributed by atoms with Crippen LogP contribution in [0.25, 0.3) is 33.5 Å². The van der Waals surface area contributed by atoms with E-state index in [9.17, 15) is 0 Å². The molecule has 0 atom stereocenters. The fourth-order valence-corrected chi connectivity index (χ4v) is 4.90. The van der Waals surface area contributed by atoms with Crippen LogP contribution < -0.4 is 14.4 Å². The SMILES string of the molecule is COc1ccc(-c2nc3c(N4CCN(Cc5ccc6nccnc6c5)CC4)cccc3[nH]2)cc1OC. The molecule has 3 heterocycles. The van der Waals surface area contributed by atoms with Crippen molar-refractivity contribution < 1.29 is 9.47 Å². The number of hydrogen-bond donors (Lipinski definition) is 1. The molecule has 0 saturated carbocycles. The Labute approximate surface area is 209 Å². The molecule has 2 aromatic heterocycles. The molecular formula is C28H28N6O2. The Bertz CT molecular complexity index is 1520. The third-order valence-corrected chi connectivity index (χ3v) is 6.80. The average molecular weight is 481 g/mol. The molecule has 1 aliphatic heterocycles. The van der Waals surface area contributed by atoms with Crippen LogP contribution in [0.3, 0.4) is 0 Å². The van der Waals surface area contributed by atoms with Crippen LogP contribution in [0.1, 0.15) is 5.56 Å². The van der Waals surface area contributed by atoms with Gasteiger partial charge >= 0.3 is 0 Å². The third kappa shape index (κ3) is 4.20. The van der Waals surface area contributed by atoms with Crippen LogP contribution in [0.15, 0.2) is 67.0 Å². The summed E-state index contributed by atoms with van der Waals surface area (Å²) >= 11 is 0. The number of fused-ring (bicyclic) bond motifs is 2. The Morgan fingerprint density at radius 1 is 0.833 bits per heavy atom. The van der Waals surface area contributed by atoms with E-state index in [0.717, 1.165) is 71.9 Å². The topological polar surface area (TPSA) is 79.4 Å². The largest absolute Gasteiger partial charge is 0.493 e. The quantitative estimate of drug-likeness (QED) is 0.383. The summed E-state index contributed by atoms with van der Waals surface area (Å²) in [6.45, 7) is 4.79. The van der Waals surface area contributed by atoms with Gasteiger partial charge in [-0.1, -0.05) is 12.1 Å². The van der Waals surface area contributed by atoms with E-state index in [2.05, 4.69) is 61.1 Å². The van der Waals surface area contributed by atoms with Crippen molar-refractivity contribution in [3.63, 3.8) is 0 Å². The summed E-state index contributed by atoms with van der Waals surface area (Å²) < 4.78 is 10.9. The molecule has 1 aliphatic rings. The highest BCUT2D eigenvalue weighted by molar-refractivity contribution is 5.91. The van der Waals surface area contributed by atoms with Gasteiger partial charge in [0.05, 0.1) is 36.5 Å². The molecule has 5 aromatic rings. The first-order valence-corrected chi connectivity index (χ1v) is 12.1. The molecule has 1 saturated heterocycles. The summed E-state index contributed by atoms with van der Waals surface area (Å²) in [4.78, 5) is 22.2. The first-order valence-electron chi connectivity index (χ1n) is 12.1. The normalized spacial score (nSPS) is 14.4. The minimum absolute atomic E-state index is 0.685. The lowest BCUT2D eigenvalue weighted by atomic mass is 10.1. The summed E-state index contributed by atoms with van der Waals surface area (Å²) in [7, 11) is 3.29. The summed E-state index contributed by atoms with van der Waals surface area (Å²) in [5, 5.41) is 0. The fraction of sp³-hybridized carbons (Fsp3) is 0.250. The molecule has 8 nitrogen and oxygen atoms in total. The maximum absolute atomic E-state index is 5.48. The van der Waals surface area contributed by atoms with Crippen LogP contribution in [-0.4, -0.2) is 65.2 Å². The zero-order valence-electron chi connectivity index (χ0n) is 20.4. The van der Waals surface area contributed by atoms with Gasteiger partial charge in [-0.15, -0.1) is 0 Å². The van der Waals surface area contributed by atoms with Gasteiger partial charge in [0.2, 0.25) is 0 Å². The maximum Gasteiger partial charge on any atom is 0.161 e. The highest BCUT2D eigenvalue weighted by Crippen LogP contribution is 2.34. The van der Waals surface area contributed by atoms with Crippen LogP contribution >= 0.6 is 0 Å². The van der Waals surface area contributed by atoms with Crippen LogP contribution in [0.4, 0.5) is 5.69 Å². The lowest BCUT2D eigenvalue weighted by Crippen LogP contribution is -2.46. The number of methoxy groups -OCH3 is 2. The molecule has 0 aliphatic carbocycles. The second kappa shape index (κ2) is 9.47. The van der Waals surface area contributed by atoms with Crippen LogP contribution in [0.2, 0.25) is 0 Å². The van der Waals surface area contributed by atoms with Crippen molar-refractivity contribution in [3.8, 4) is 22.9 Å². The van der Waals surface area contributed by atoms with E-state index in [0.29, 0.717) is 11.5 Å². The number of anilines is 1. The van der Waals surface area contributed by atoms with Gasteiger partial charge in [0.25, 0.3) is 0 Å². The van der Waals surface area contributed by atoms with Crippen molar-refractivity contribution in [2.24, 2.45) is 0 Å². The van der Waals surface area contributed by atoms with Crippen LogP contribution in [0, 0.1) is 0 Å². The highest BCUT2D eigenvalue weighted by Gasteiger charge is 2.21. The standard InChI is InChI=1S/C28H28N6O2/c1-35-25-9-7-20(17-26(25)36-2)28-31-22-4-3-5-24(27(22)32-28)34-14-12-33(13-15-34)18-19-6-8-21-23(16-19)30-11-10-29-21/h3-11,16-17H,12-15,18H2,1-2H3,(H,31,32). The van der Waals surface area contributed by atoms with Crippen molar-refractivity contribution in [1.82, 2.24) is 24.8 Å². The van der Waals surface area contributed by atoms with E-state index in [1.807, 2.05) is 18.2 Å². The number of nitrogens with zero attached hydrogens (tertiary/aromatic N) is 5. The number of ether oxygens (including phenoxy) is 2. The van der Waals surface area contributed by atoms with Gasteiger partial charge in [-0.25, -0.2) is 4.98 Å². The molecule has 182 valence electrons. The first kappa shape index (κ1) is 22.3. The molecular weight excluding hydrogens is 452 g/mol. The number of rotatable bonds is 6. The van der Waals surface area contributed by atoms with Gasteiger partial charge in [0, 0.05) is 50.7 Å². The van der Waals surface area contributed by atoms with Gasteiger partial charge in [0.15, 0.2) is 11.5 Å². The lowest BCUT2D eigenvalue weighted by Gasteiger charge is -2.36. The zero-order valence-corrected chi connectivity index (χ0v) is 20.4. The molecule has 0 amide bonds. The summed E-state index contributed by atoms with van der Waals surface area (Å²) in [5.41, 5.74) is 7.29. The summed E-state index contributed by atoms with van der Waals surface area (Å²) in [6.07, 6.45) is 3.48. The number of hydrogen-bond acceptors (Lipinski definition) is 7. The van der Waals surface area contributed by atoms with Crippen molar-refractivity contribution in [2.75, 3.05) is 45.3 Å². The Morgan fingerprint density at radius 2 is 1.64 bits per heavy atom. The molecule has 1 N–H and O–H groups in total. The third-order valence-electron chi connectivity index (χ3n) is 6.80. The number of piperazine rings is 1. The second-order valence-corrected chi connectivity index (χ2v) is 8.97. The molecule has 0 bridgehead atoms. The number of benzene rings is 3. The Hall–Kier alpha value is -4.17. The minimum Gasteiger partial charge on any atom is -0.493 e. The van der Waals surface area contributed by atoms with Gasteiger partial charge < -0.3 is 19.4 Å². The van der Waals surface area contributed by atoms with Crippen molar-refractivity contribution >= 4 is 27.8 Å². The molecule has 3 aromatic carbocycles. The van der Waals surface area contributed by atoms with Crippen LogP contribution in [0.5, 0.6) is 11.5 Å². The predicted octanol–water partition coefficient (Wildman–Crippen LogP) is 4.51. The Morgan fingerprint density at radius 3 is 2.44 bits per heavy atom. The Balaban J connectivity index is 1.19. The molecule has 36 heavy (non-hydrogen) atoms. The second-order valence-electron chi connectivity index (χ2n) is 8.97. The first-order chi connectivity index (χ1) is 17.7. The average Bonchev–Trinajstić information content (AvgIpc) is 3.38. The molecule has 0 radical (unpaired) electrons. The summed E-state index contributed by atoms with van der Waals surface area (Å²) in [5.74, 6) is 2.20. The number of imidazole rings is 1. The lowest BCUT2D eigenvalue weighted by molar-refractivity contribution is 0.250. The minimum atomic E-state index is 0.685. The number of H-pyrrole nitrogens is 1. The predicted molar refractivity (Wildman–Crippen MR) is 142 cm³/mol. The van der Waals surface area contributed by atoms with E-state index < -0.39 is 0 Å². The van der Waals surface area contributed by atoms with Crippen molar-refractivity contribution in [3.05, 3.63) is 72.6 Å². The zero-order chi connectivity index (χ0) is 24.5. The van der Waals surface area contributed by atoms with Gasteiger partial charge in [-0.2, -0.15) is 0 Å². The van der Waals surface area contributed by atoms with Crippen molar-refractivity contribution in [1.29, 1.82) is 0 Å².